The number of benzene rings is 2. The number of H-pyrrole nitrogens is 1. The molecule has 2 aromatic carbocycles. The van der Waals surface area contributed by atoms with Gasteiger partial charge in [-0.05, 0) is 42.8 Å². The molecule has 0 radical (unpaired) electrons. The average molecular weight is 386 g/mol. The van der Waals surface area contributed by atoms with Crippen molar-refractivity contribution in [2.45, 2.75) is 6.92 Å². The van der Waals surface area contributed by atoms with Gasteiger partial charge in [0.25, 0.3) is 5.56 Å². The smallest absolute Gasteiger partial charge is 0.252 e. The van der Waals surface area contributed by atoms with E-state index in [-0.39, 0.29) is 5.56 Å². The fraction of sp³-hybridized carbons (Fsp3) is 0.111. The van der Waals surface area contributed by atoms with Gasteiger partial charge in [-0.15, -0.1) is 0 Å². The van der Waals surface area contributed by atoms with Crippen molar-refractivity contribution in [1.82, 2.24) is 9.97 Å². The molecule has 122 valence electrons. The van der Waals surface area contributed by atoms with Crippen LogP contribution in [0.5, 0.6) is 5.75 Å². The molecule has 0 fully saturated rings. The van der Waals surface area contributed by atoms with Crippen molar-refractivity contribution in [3.05, 3.63) is 68.9 Å². The Bertz CT molecular complexity index is 938. The lowest BCUT2D eigenvalue weighted by Gasteiger charge is -2.09. The maximum Gasteiger partial charge on any atom is 0.252 e. The average Bonchev–Trinajstić information content (AvgIpc) is 2.58. The third kappa shape index (κ3) is 3.65. The number of nitrogens with zero attached hydrogens (tertiary/aromatic N) is 1. The fourth-order valence-corrected chi connectivity index (χ4v) is 2.55. The summed E-state index contributed by atoms with van der Waals surface area (Å²) in [7, 11) is 1.60. The molecule has 24 heavy (non-hydrogen) atoms. The van der Waals surface area contributed by atoms with Crippen LogP contribution in [-0.4, -0.2) is 17.1 Å². The number of aryl methyl sites for hydroxylation is 1. The van der Waals surface area contributed by atoms with Crippen molar-refractivity contribution >= 4 is 27.6 Å². The van der Waals surface area contributed by atoms with Gasteiger partial charge >= 0.3 is 0 Å². The normalized spacial score (nSPS) is 10.5. The van der Waals surface area contributed by atoms with Crippen molar-refractivity contribution in [1.29, 1.82) is 0 Å². The molecule has 3 aromatic rings. The third-order valence-electron chi connectivity index (χ3n) is 3.53. The topological polar surface area (TPSA) is 67.0 Å². The largest absolute Gasteiger partial charge is 0.497 e. The number of hydrogen-bond donors (Lipinski definition) is 2. The first-order valence-electron chi connectivity index (χ1n) is 7.34. The van der Waals surface area contributed by atoms with Crippen LogP contribution < -0.4 is 15.6 Å². The van der Waals surface area contributed by atoms with E-state index in [1.54, 1.807) is 7.11 Å². The highest BCUT2D eigenvalue weighted by Crippen LogP contribution is 2.24. The van der Waals surface area contributed by atoms with Crippen molar-refractivity contribution < 1.29 is 4.74 Å². The van der Waals surface area contributed by atoms with Gasteiger partial charge in [-0.25, -0.2) is 4.98 Å². The molecule has 3 rings (SSSR count). The Balaban J connectivity index is 1.96. The molecule has 0 saturated carbocycles. The molecule has 0 amide bonds. The van der Waals surface area contributed by atoms with Crippen molar-refractivity contribution in [2.75, 3.05) is 12.4 Å². The monoisotopic (exact) mass is 385 g/mol. The number of aromatic nitrogens is 2. The van der Waals surface area contributed by atoms with Crippen LogP contribution in [0.15, 0.2) is 57.8 Å². The van der Waals surface area contributed by atoms with Crippen LogP contribution in [0.1, 0.15) is 5.56 Å². The fourth-order valence-electron chi connectivity index (χ4n) is 2.31. The number of nitrogens with one attached hydrogen (secondary N) is 2. The number of halogens is 1. The minimum absolute atomic E-state index is 0.223. The number of methoxy groups -OCH3 is 1. The summed E-state index contributed by atoms with van der Waals surface area (Å²) in [6.45, 7) is 2.00. The van der Waals surface area contributed by atoms with E-state index < -0.39 is 0 Å². The van der Waals surface area contributed by atoms with E-state index in [1.165, 1.54) is 6.07 Å². The van der Waals surface area contributed by atoms with Gasteiger partial charge in [-0.1, -0.05) is 28.1 Å². The second kappa shape index (κ2) is 6.88. The van der Waals surface area contributed by atoms with Gasteiger partial charge < -0.3 is 10.1 Å². The van der Waals surface area contributed by atoms with Crippen molar-refractivity contribution in [3.8, 4) is 17.0 Å². The second-order valence-electron chi connectivity index (χ2n) is 5.30. The molecule has 0 spiro atoms. The van der Waals surface area contributed by atoms with E-state index in [0.29, 0.717) is 17.4 Å². The Morgan fingerprint density at radius 2 is 2.00 bits per heavy atom. The second-order valence-corrected chi connectivity index (χ2v) is 6.15. The summed E-state index contributed by atoms with van der Waals surface area (Å²) in [4.78, 5) is 19.2. The maximum atomic E-state index is 12.0. The molecule has 5 nitrogen and oxygen atoms in total. The molecule has 2 N–H and O–H groups in total. The van der Waals surface area contributed by atoms with Crippen LogP contribution in [0.2, 0.25) is 0 Å². The molecule has 1 heterocycles. The summed E-state index contributed by atoms with van der Waals surface area (Å²) in [6, 6.07) is 14.7. The van der Waals surface area contributed by atoms with Crippen LogP contribution in [0.25, 0.3) is 11.3 Å². The van der Waals surface area contributed by atoms with Crippen LogP contribution in [-0.2, 0) is 0 Å². The van der Waals surface area contributed by atoms with Gasteiger partial charge in [0, 0.05) is 21.8 Å². The molecule has 0 unspecified atom stereocenters. The van der Waals surface area contributed by atoms with Gasteiger partial charge in [0.1, 0.15) is 5.75 Å². The predicted molar refractivity (Wildman–Crippen MR) is 99.0 cm³/mol. The lowest BCUT2D eigenvalue weighted by atomic mass is 10.1. The quantitative estimate of drug-likeness (QED) is 0.703. The first kappa shape index (κ1) is 16.3. The zero-order chi connectivity index (χ0) is 17.1. The van der Waals surface area contributed by atoms with Crippen LogP contribution in [0, 0.1) is 6.92 Å². The first-order chi connectivity index (χ1) is 11.5. The van der Waals surface area contributed by atoms with E-state index in [0.717, 1.165) is 21.3 Å². The van der Waals surface area contributed by atoms with Crippen LogP contribution in [0.3, 0.4) is 0 Å². The molecule has 0 aliphatic rings. The number of ether oxygens (including phenoxy) is 1. The molecular formula is C18H16BrN3O2. The lowest BCUT2D eigenvalue weighted by molar-refractivity contribution is 0.415. The molecule has 6 heteroatoms. The number of anilines is 2. The summed E-state index contributed by atoms with van der Waals surface area (Å²) in [6.07, 6.45) is 0. The zero-order valence-corrected chi connectivity index (χ0v) is 14.8. The lowest BCUT2D eigenvalue weighted by Crippen LogP contribution is -2.10. The van der Waals surface area contributed by atoms with Crippen LogP contribution in [0.4, 0.5) is 11.6 Å². The first-order valence-corrected chi connectivity index (χ1v) is 8.13. The van der Waals surface area contributed by atoms with Gasteiger partial charge in [0.2, 0.25) is 5.95 Å². The Hall–Kier alpha value is -2.60. The van der Waals surface area contributed by atoms with E-state index in [4.69, 9.17) is 4.74 Å². The summed E-state index contributed by atoms with van der Waals surface area (Å²) < 4.78 is 6.25. The van der Waals surface area contributed by atoms with Gasteiger partial charge in [0.15, 0.2) is 0 Å². The summed E-state index contributed by atoms with van der Waals surface area (Å²) in [5, 5.41) is 3.13. The Kier molecular flexibility index (Phi) is 4.66. The summed E-state index contributed by atoms with van der Waals surface area (Å²) >= 11 is 3.47. The minimum atomic E-state index is -0.223. The highest BCUT2D eigenvalue weighted by Gasteiger charge is 2.06. The summed E-state index contributed by atoms with van der Waals surface area (Å²) in [5.41, 5.74) is 3.11. The van der Waals surface area contributed by atoms with Crippen molar-refractivity contribution in [2.24, 2.45) is 0 Å². The van der Waals surface area contributed by atoms with E-state index in [9.17, 15) is 4.79 Å². The molecule has 0 atom stereocenters. The van der Waals surface area contributed by atoms with E-state index in [1.807, 2.05) is 49.4 Å². The highest BCUT2D eigenvalue weighted by atomic mass is 79.9. The Labute approximate surface area is 147 Å². The summed E-state index contributed by atoms with van der Waals surface area (Å²) in [5.74, 6) is 1.11. The van der Waals surface area contributed by atoms with Gasteiger partial charge in [0.05, 0.1) is 12.8 Å². The molecule has 0 saturated heterocycles. The predicted octanol–water partition coefficient (Wildman–Crippen LogP) is 4.26. The third-order valence-corrected chi connectivity index (χ3v) is 4.42. The van der Waals surface area contributed by atoms with Gasteiger partial charge in [-0.3, -0.25) is 9.78 Å². The number of rotatable bonds is 4. The van der Waals surface area contributed by atoms with Crippen molar-refractivity contribution in [3.63, 3.8) is 0 Å². The Morgan fingerprint density at radius 1 is 1.17 bits per heavy atom. The molecule has 1 aromatic heterocycles. The van der Waals surface area contributed by atoms with E-state index in [2.05, 4.69) is 31.2 Å². The molecule has 0 bridgehead atoms. The zero-order valence-electron chi connectivity index (χ0n) is 13.3. The molecule has 0 aliphatic carbocycles. The minimum Gasteiger partial charge on any atom is -0.497 e. The standard InChI is InChI=1S/C18H16BrN3O2/c1-11-8-13(6-7-15(11)19)20-18-21-16(10-17(23)22-18)12-4-3-5-14(9-12)24-2/h3-10H,1-2H3,(H2,20,21,22,23). The SMILES string of the molecule is COc1cccc(-c2cc(=O)[nH]c(Nc3ccc(Br)c(C)c3)n2)c1. The highest BCUT2D eigenvalue weighted by molar-refractivity contribution is 9.10. The Morgan fingerprint density at radius 3 is 2.75 bits per heavy atom. The van der Waals surface area contributed by atoms with Crippen LogP contribution >= 0.6 is 15.9 Å². The molecule has 0 aliphatic heterocycles. The number of aromatic amines is 1. The van der Waals surface area contributed by atoms with Gasteiger partial charge in [-0.2, -0.15) is 0 Å². The van der Waals surface area contributed by atoms with E-state index >= 15 is 0 Å². The number of hydrogen-bond acceptors (Lipinski definition) is 4. The maximum absolute atomic E-state index is 12.0. The molecular weight excluding hydrogens is 370 g/mol.